The van der Waals surface area contributed by atoms with Crippen LogP contribution in [0, 0.1) is 0 Å². The first-order valence-corrected chi connectivity index (χ1v) is 5.72. The summed E-state index contributed by atoms with van der Waals surface area (Å²) in [4.78, 5) is 13.2. The third kappa shape index (κ3) is 2.92. The maximum atomic E-state index is 11.0. The first-order valence-electron chi connectivity index (χ1n) is 5.72. The molecule has 1 aliphatic carbocycles. The molecule has 0 spiro atoms. The van der Waals surface area contributed by atoms with Gasteiger partial charge >= 0.3 is 5.97 Å². The Bertz CT molecular complexity index is 233. The molecule has 0 saturated heterocycles. The minimum Gasteiger partial charge on any atom is -0.480 e. The molecule has 2 atom stereocenters. The van der Waals surface area contributed by atoms with Gasteiger partial charge in [0, 0.05) is 6.04 Å². The van der Waals surface area contributed by atoms with Crippen molar-refractivity contribution in [1.82, 2.24) is 4.90 Å². The monoisotopic (exact) mass is 214 g/mol. The number of hydrogen-bond donors (Lipinski definition) is 2. The van der Waals surface area contributed by atoms with Crippen LogP contribution in [0.1, 0.15) is 39.0 Å². The van der Waals surface area contributed by atoms with Crippen molar-refractivity contribution in [1.29, 1.82) is 0 Å². The predicted octanol–water partition coefficient (Wildman–Crippen LogP) is 1.05. The summed E-state index contributed by atoms with van der Waals surface area (Å²) < 4.78 is 0. The van der Waals surface area contributed by atoms with E-state index in [1.165, 1.54) is 6.42 Å². The molecule has 1 saturated carbocycles. The number of hydrogen-bond acceptors (Lipinski definition) is 3. The van der Waals surface area contributed by atoms with E-state index < -0.39 is 11.5 Å². The van der Waals surface area contributed by atoms with Gasteiger partial charge in [-0.05, 0) is 39.3 Å². The van der Waals surface area contributed by atoms with Gasteiger partial charge in [-0.3, -0.25) is 4.79 Å². The summed E-state index contributed by atoms with van der Waals surface area (Å²) in [5, 5.41) is 9.00. The van der Waals surface area contributed by atoms with Crippen molar-refractivity contribution in [2.75, 3.05) is 13.6 Å². The molecule has 2 unspecified atom stereocenters. The highest BCUT2D eigenvalue weighted by Crippen LogP contribution is 2.30. The molecular formula is C11H22N2O2. The highest BCUT2D eigenvalue weighted by Gasteiger charge is 2.43. The molecule has 0 radical (unpaired) electrons. The third-order valence-corrected chi connectivity index (χ3v) is 3.44. The number of carboxylic acids is 1. The van der Waals surface area contributed by atoms with Crippen molar-refractivity contribution in [3.8, 4) is 0 Å². The van der Waals surface area contributed by atoms with Crippen molar-refractivity contribution in [2.45, 2.75) is 50.6 Å². The molecule has 4 heteroatoms. The third-order valence-electron chi connectivity index (χ3n) is 3.44. The molecule has 0 bridgehead atoms. The second kappa shape index (κ2) is 4.94. The zero-order valence-electron chi connectivity index (χ0n) is 9.70. The predicted molar refractivity (Wildman–Crippen MR) is 59.7 cm³/mol. The Morgan fingerprint density at radius 3 is 2.80 bits per heavy atom. The normalized spacial score (nSPS) is 31.1. The molecule has 0 heterocycles. The van der Waals surface area contributed by atoms with Crippen molar-refractivity contribution < 1.29 is 9.90 Å². The fourth-order valence-electron chi connectivity index (χ4n) is 2.21. The van der Waals surface area contributed by atoms with Crippen LogP contribution in [0.2, 0.25) is 0 Å². The molecule has 88 valence electrons. The number of rotatable bonds is 5. The largest absolute Gasteiger partial charge is 0.480 e. The van der Waals surface area contributed by atoms with Crippen LogP contribution in [0.4, 0.5) is 0 Å². The van der Waals surface area contributed by atoms with Gasteiger partial charge in [-0.2, -0.15) is 0 Å². The molecule has 15 heavy (non-hydrogen) atoms. The van der Waals surface area contributed by atoms with E-state index in [2.05, 4.69) is 18.9 Å². The SMILES string of the molecule is CCCCN(C)C1CCC(N)(C(=O)O)C1. The van der Waals surface area contributed by atoms with Crippen molar-refractivity contribution in [3.63, 3.8) is 0 Å². The highest BCUT2D eigenvalue weighted by molar-refractivity contribution is 5.79. The molecule has 1 aliphatic rings. The Labute approximate surface area is 91.4 Å². The molecule has 0 aromatic carbocycles. The van der Waals surface area contributed by atoms with Crippen LogP contribution < -0.4 is 5.73 Å². The van der Waals surface area contributed by atoms with Gasteiger partial charge in [0.1, 0.15) is 5.54 Å². The molecule has 0 aromatic rings. The molecule has 1 rings (SSSR count). The molecule has 3 N–H and O–H groups in total. The van der Waals surface area contributed by atoms with E-state index in [9.17, 15) is 4.79 Å². The summed E-state index contributed by atoms with van der Waals surface area (Å²) in [6.45, 7) is 3.20. The Morgan fingerprint density at radius 1 is 1.67 bits per heavy atom. The number of nitrogens with zero attached hydrogens (tertiary/aromatic N) is 1. The van der Waals surface area contributed by atoms with Gasteiger partial charge in [0.05, 0.1) is 0 Å². The Morgan fingerprint density at radius 2 is 2.33 bits per heavy atom. The Balaban J connectivity index is 2.45. The topological polar surface area (TPSA) is 66.6 Å². The standard InChI is InChI=1S/C11H22N2O2/c1-3-4-7-13(2)9-5-6-11(12,8-9)10(14)15/h9H,3-8,12H2,1-2H3,(H,14,15). The van der Waals surface area contributed by atoms with Gasteiger partial charge in [-0.1, -0.05) is 13.3 Å². The van der Waals surface area contributed by atoms with E-state index in [0.717, 1.165) is 19.4 Å². The van der Waals surface area contributed by atoms with Gasteiger partial charge in [0.2, 0.25) is 0 Å². The summed E-state index contributed by atoms with van der Waals surface area (Å²) >= 11 is 0. The summed E-state index contributed by atoms with van der Waals surface area (Å²) in [6, 6.07) is 0.345. The van der Waals surface area contributed by atoms with Crippen LogP contribution in [-0.2, 0) is 4.79 Å². The van der Waals surface area contributed by atoms with E-state index in [0.29, 0.717) is 18.9 Å². The summed E-state index contributed by atoms with van der Waals surface area (Å²) in [6.07, 6.45) is 4.43. The van der Waals surface area contributed by atoms with Crippen molar-refractivity contribution in [3.05, 3.63) is 0 Å². The van der Waals surface area contributed by atoms with E-state index in [-0.39, 0.29) is 0 Å². The molecular weight excluding hydrogens is 192 g/mol. The summed E-state index contributed by atoms with van der Waals surface area (Å²) in [7, 11) is 2.06. The number of carboxylic acid groups (broad SMARTS) is 1. The van der Waals surface area contributed by atoms with Gasteiger partial charge in [-0.25, -0.2) is 0 Å². The fraction of sp³-hybridized carbons (Fsp3) is 0.909. The van der Waals surface area contributed by atoms with Crippen LogP contribution >= 0.6 is 0 Å². The molecule has 0 aliphatic heterocycles. The number of carbonyl (C=O) groups is 1. The van der Waals surface area contributed by atoms with E-state index >= 15 is 0 Å². The van der Waals surface area contributed by atoms with Gasteiger partial charge < -0.3 is 15.7 Å². The van der Waals surface area contributed by atoms with E-state index in [1.807, 2.05) is 0 Å². The summed E-state index contributed by atoms with van der Waals surface area (Å²) in [5.74, 6) is -0.853. The highest BCUT2D eigenvalue weighted by atomic mass is 16.4. The minimum atomic E-state index is -0.981. The maximum Gasteiger partial charge on any atom is 0.323 e. The van der Waals surface area contributed by atoms with Gasteiger partial charge in [-0.15, -0.1) is 0 Å². The lowest BCUT2D eigenvalue weighted by molar-refractivity contribution is -0.143. The lowest BCUT2D eigenvalue weighted by Gasteiger charge is -2.25. The fourth-order valence-corrected chi connectivity index (χ4v) is 2.21. The number of unbranched alkanes of at least 4 members (excludes halogenated alkanes) is 1. The molecule has 0 aromatic heterocycles. The lowest BCUT2D eigenvalue weighted by Crippen LogP contribution is -2.47. The van der Waals surface area contributed by atoms with Gasteiger partial charge in [0.25, 0.3) is 0 Å². The average molecular weight is 214 g/mol. The first-order chi connectivity index (χ1) is 6.99. The average Bonchev–Trinajstić information content (AvgIpc) is 2.59. The first kappa shape index (κ1) is 12.5. The van der Waals surface area contributed by atoms with Crippen LogP contribution in [0.3, 0.4) is 0 Å². The van der Waals surface area contributed by atoms with E-state index in [4.69, 9.17) is 10.8 Å². The second-order valence-electron chi connectivity index (χ2n) is 4.69. The number of nitrogens with two attached hydrogens (primary N) is 1. The lowest BCUT2D eigenvalue weighted by atomic mass is 9.99. The summed E-state index contributed by atoms with van der Waals surface area (Å²) in [5.41, 5.74) is 4.85. The number of aliphatic carboxylic acids is 1. The Hall–Kier alpha value is -0.610. The zero-order valence-corrected chi connectivity index (χ0v) is 9.70. The molecule has 0 amide bonds. The van der Waals surface area contributed by atoms with Crippen LogP contribution in [0.5, 0.6) is 0 Å². The second-order valence-corrected chi connectivity index (χ2v) is 4.69. The van der Waals surface area contributed by atoms with Crippen LogP contribution in [0.25, 0.3) is 0 Å². The van der Waals surface area contributed by atoms with Crippen molar-refractivity contribution in [2.24, 2.45) is 5.73 Å². The molecule has 1 fully saturated rings. The van der Waals surface area contributed by atoms with Gasteiger partial charge in [0.15, 0.2) is 0 Å². The van der Waals surface area contributed by atoms with E-state index in [1.54, 1.807) is 0 Å². The Kier molecular flexibility index (Phi) is 4.11. The maximum absolute atomic E-state index is 11.0. The van der Waals surface area contributed by atoms with Crippen LogP contribution in [-0.4, -0.2) is 41.1 Å². The zero-order chi connectivity index (χ0) is 11.5. The smallest absolute Gasteiger partial charge is 0.323 e. The van der Waals surface area contributed by atoms with Crippen LogP contribution in [0.15, 0.2) is 0 Å². The van der Waals surface area contributed by atoms with Crippen molar-refractivity contribution >= 4 is 5.97 Å². The minimum absolute atomic E-state index is 0.345. The quantitative estimate of drug-likeness (QED) is 0.718. The molecule has 4 nitrogen and oxygen atoms in total.